The van der Waals surface area contributed by atoms with Gasteiger partial charge in [0.15, 0.2) is 0 Å². The third-order valence-electron chi connectivity index (χ3n) is 3.95. The van der Waals surface area contributed by atoms with Crippen molar-refractivity contribution in [2.75, 3.05) is 23.3 Å². The minimum Gasteiger partial charge on any atom is -0.370 e. The zero-order valence-corrected chi connectivity index (χ0v) is 13.3. The van der Waals surface area contributed by atoms with E-state index in [0.29, 0.717) is 12.0 Å². The zero-order chi connectivity index (χ0) is 14.5. The highest BCUT2D eigenvalue weighted by Crippen LogP contribution is 2.29. The second kappa shape index (κ2) is 6.91. The molecular weight excluding hydrogens is 248 g/mol. The maximum Gasteiger partial charge on any atom is 0.134 e. The highest BCUT2D eigenvalue weighted by Gasteiger charge is 2.28. The van der Waals surface area contributed by atoms with Gasteiger partial charge in [0.2, 0.25) is 0 Å². The smallest absolute Gasteiger partial charge is 0.134 e. The summed E-state index contributed by atoms with van der Waals surface area (Å²) in [5, 5.41) is 3.34. The van der Waals surface area contributed by atoms with Gasteiger partial charge in [0.1, 0.15) is 17.5 Å². The van der Waals surface area contributed by atoms with Crippen LogP contribution in [-0.2, 0) is 6.42 Å². The number of rotatable bonds is 6. The van der Waals surface area contributed by atoms with E-state index in [0.717, 1.165) is 43.4 Å². The van der Waals surface area contributed by atoms with Crippen LogP contribution in [0.25, 0.3) is 0 Å². The van der Waals surface area contributed by atoms with Crippen molar-refractivity contribution in [2.24, 2.45) is 5.92 Å². The lowest BCUT2D eigenvalue weighted by Gasteiger charge is -2.29. The van der Waals surface area contributed by atoms with Crippen LogP contribution in [0.5, 0.6) is 0 Å². The molecule has 2 heterocycles. The summed E-state index contributed by atoms with van der Waals surface area (Å²) in [6, 6.07) is 2.73. The van der Waals surface area contributed by atoms with E-state index in [1.807, 2.05) is 0 Å². The van der Waals surface area contributed by atoms with Crippen LogP contribution in [0, 0.1) is 5.92 Å². The van der Waals surface area contributed by atoms with Gasteiger partial charge >= 0.3 is 0 Å². The fraction of sp³-hybridized carbons (Fsp3) is 0.750. The third-order valence-corrected chi connectivity index (χ3v) is 3.95. The summed E-state index contributed by atoms with van der Waals surface area (Å²) in [6.45, 7) is 10.9. The first-order valence-corrected chi connectivity index (χ1v) is 8.04. The summed E-state index contributed by atoms with van der Waals surface area (Å²) in [7, 11) is 0. The van der Waals surface area contributed by atoms with Gasteiger partial charge in [-0.2, -0.15) is 0 Å². The number of aromatic nitrogens is 2. The normalized spacial score (nSPS) is 18.9. The number of hydrogen-bond acceptors (Lipinski definition) is 4. The van der Waals surface area contributed by atoms with Crippen molar-refractivity contribution in [3.63, 3.8) is 0 Å². The molecule has 1 fully saturated rings. The second-order valence-electron chi connectivity index (χ2n) is 5.95. The zero-order valence-electron chi connectivity index (χ0n) is 13.3. The van der Waals surface area contributed by atoms with Crippen molar-refractivity contribution in [1.82, 2.24) is 9.97 Å². The lowest BCUT2D eigenvalue weighted by atomic mass is 10.0. The Kier molecular flexibility index (Phi) is 5.21. The SMILES string of the molecule is CCCc1nc(NCC)cc(N2CCCC2C(C)C)n1. The number of anilines is 2. The maximum atomic E-state index is 4.79. The van der Waals surface area contributed by atoms with Crippen molar-refractivity contribution in [3.05, 3.63) is 11.9 Å². The van der Waals surface area contributed by atoms with E-state index in [1.165, 1.54) is 12.8 Å². The van der Waals surface area contributed by atoms with E-state index in [9.17, 15) is 0 Å². The van der Waals surface area contributed by atoms with Crippen LogP contribution in [0.15, 0.2) is 6.07 Å². The Labute approximate surface area is 123 Å². The van der Waals surface area contributed by atoms with E-state index in [4.69, 9.17) is 4.98 Å². The summed E-state index contributed by atoms with van der Waals surface area (Å²) in [5.74, 6) is 3.71. The summed E-state index contributed by atoms with van der Waals surface area (Å²) >= 11 is 0. The lowest BCUT2D eigenvalue weighted by molar-refractivity contribution is 0.489. The van der Waals surface area contributed by atoms with Gasteiger partial charge < -0.3 is 10.2 Å². The molecule has 0 spiro atoms. The number of nitrogens with one attached hydrogen (secondary N) is 1. The number of nitrogens with zero attached hydrogens (tertiary/aromatic N) is 3. The average Bonchev–Trinajstić information content (AvgIpc) is 2.88. The Bertz CT molecular complexity index is 406. The minimum absolute atomic E-state index is 0.619. The first-order valence-electron chi connectivity index (χ1n) is 8.04. The van der Waals surface area contributed by atoms with Crippen molar-refractivity contribution >= 4 is 11.6 Å². The predicted molar refractivity (Wildman–Crippen MR) is 85.4 cm³/mol. The molecule has 1 N–H and O–H groups in total. The first-order chi connectivity index (χ1) is 9.65. The molecule has 0 saturated carbocycles. The lowest BCUT2D eigenvalue weighted by Crippen LogP contribution is -2.34. The minimum atomic E-state index is 0.619. The highest BCUT2D eigenvalue weighted by molar-refractivity contribution is 5.51. The Morgan fingerprint density at radius 2 is 2.15 bits per heavy atom. The molecule has 1 aromatic heterocycles. The fourth-order valence-corrected chi connectivity index (χ4v) is 3.01. The Balaban J connectivity index is 2.29. The van der Waals surface area contributed by atoms with E-state index < -0.39 is 0 Å². The van der Waals surface area contributed by atoms with Crippen molar-refractivity contribution in [3.8, 4) is 0 Å². The molecule has 0 radical (unpaired) electrons. The summed E-state index contributed by atoms with van der Waals surface area (Å²) in [5.41, 5.74) is 0. The molecule has 1 unspecified atom stereocenters. The third kappa shape index (κ3) is 3.41. The molecule has 0 aliphatic carbocycles. The molecule has 1 aromatic rings. The van der Waals surface area contributed by atoms with Crippen molar-refractivity contribution in [2.45, 2.75) is 59.4 Å². The van der Waals surface area contributed by atoms with Crippen LogP contribution in [0.1, 0.15) is 52.8 Å². The van der Waals surface area contributed by atoms with E-state index in [2.05, 4.69) is 49.0 Å². The van der Waals surface area contributed by atoms with Gasteiger partial charge in [0, 0.05) is 31.6 Å². The average molecular weight is 276 g/mol. The Morgan fingerprint density at radius 1 is 1.35 bits per heavy atom. The van der Waals surface area contributed by atoms with Gasteiger partial charge in [-0.05, 0) is 32.1 Å². The number of hydrogen-bond donors (Lipinski definition) is 1. The van der Waals surface area contributed by atoms with Gasteiger partial charge in [0.05, 0.1) is 0 Å². The van der Waals surface area contributed by atoms with Crippen LogP contribution in [0.2, 0.25) is 0 Å². The molecule has 0 bridgehead atoms. The van der Waals surface area contributed by atoms with Crippen LogP contribution < -0.4 is 10.2 Å². The van der Waals surface area contributed by atoms with Crippen LogP contribution >= 0.6 is 0 Å². The van der Waals surface area contributed by atoms with Crippen LogP contribution in [-0.4, -0.2) is 29.1 Å². The molecule has 1 aliphatic heterocycles. The fourth-order valence-electron chi connectivity index (χ4n) is 3.01. The molecule has 20 heavy (non-hydrogen) atoms. The number of aryl methyl sites for hydroxylation is 1. The molecule has 0 amide bonds. The molecular formula is C16H28N4. The maximum absolute atomic E-state index is 4.79. The van der Waals surface area contributed by atoms with Gasteiger partial charge in [-0.1, -0.05) is 20.8 Å². The van der Waals surface area contributed by atoms with Gasteiger partial charge in [-0.15, -0.1) is 0 Å². The summed E-state index contributed by atoms with van der Waals surface area (Å²) in [4.78, 5) is 11.9. The van der Waals surface area contributed by atoms with E-state index in [-0.39, 0.29) is 0 Å². The van der Waals surface area contributed by atoms with Crippen LogP contribution in [0.3, 0.4) is 0 Å². The van der Waals surface area contributed by atoms with Crippen molar-refractivity contribution in [1.29, 1.82) is 0 Å². The molecule has 112 valence electrons. The topological polar surface area (TPSA) is 41.1 Å². The van der Waals surface area contributed by atoms with Gasteiger partial charge in [-0.3, -0.25) is 0 Å². The van der Waals surface area contributed by atoms with Gasteiger partial charge in [0.25, 0.3) is 0 Å². The van der Waals surface area contributed by atoms with E-state index >= 15 is 0 Å². The largest absolute Gasteiger partial charge is 0.370 e. The first kappa shape index (κ1) is 15.1. The monoisotopic (exact) mass is 276 g/mol. The highest BCUT2D eigenvalue weighted by atomic mass is 15.2. The Morgan fingerprint density at radius 3 is 2.80 bits per heavy atom. The molecule has 1 atom stereocenters. The molecule has 0 aromatic carbocycles. The predicted octanol–water partition coefficient (Wildman–Crippen LogP) is 3.49. The quantitative estimate of drug-likeness (QED) is 0.863. The molecule has 4 heteroatoms. The van der Waals surface area contributed by atoms with Gasteiger partial charge in [-0.25, -0.2) is 9.97 Å². The van der Waals surface area contributed by atoms with Crippen LogP contribution in [0.4, 0.5) is 11.6 Å². The summed E-state index contributed by atoms with van der Waals surface area (Å²) in [6.07, 6.45) is 4.59. The van der Waals surface area contributed by atoms with Crippen molar-refractivity contribution < 1.29 is 0 Å². The Hall–Kier alpha value is -1.32. The molecule has 2 rings (SSSR count). The standard InChI is InChI=1S/C16H28N4/c1-5-8-14-18-15(17-6-2)11-16(19-14)20-10-7-9-13(20)12(3)4/h11-13H,5-10H2,1-4H3,(H,17,18,19). The van der Waals surface area contributed by atoms with E-state index in [1.54, 1.807) is 0 Å². The second-order valence-corrected chi connectivity index (χ2v) is 5.95. The molecule has 4 nitrogen and oxygen atoms in total. The summed E-state index contributed by atoms with van der Waals surface area (Å²) < 4.78 is 0. The molecule has 1 aliphatic rings. The molecule has 1 saturated heterocycles.